The number of nitrogens with one attached hydrogen (secondary N) is 1. The molecule has 0 saturated carbocycles. The summed E-state index contributed by atoms with van der Waals surface area (Å²) in [6.45, 7) is 0.174. The number of hydrogen-bond acceptors (Lipinski definition) is 3. The number of alkyl halides is 3. The lowest BCUT2D eigenvalue weighted by molar-refractivity contribution is -0.140. The van der Waals surface area contributed by atoms with Crippen molar-refractivity contribution in [2.24, 2.45) is 0 Å². The lowest BCUT2D eigenvalue weighted by atomic mass is 10.1. The monoisotopic (exact) mass is 303 g/mol. The van der Waals surface area contributed by atoms with Crippen molar-refractivity contribution in [1.82, 2.24) is 5.32 Å². The van der Waals surface area contributed by atoms with Gasteiger partial charge in [0, 0.05) is 13.1 Å². The van der Waals surface area contributed by atoms with Gasteiger partial charge < -0.3 is 14.8 Å². The molecule has 0 amide bonds. The Bertz CT molecular complexity index is 581. The highest BCUT2D eigenvalue weighted by Crippen LogP contribution is 2.31. The SMILES string of the molecule is OC(CNCc1ccc(F)c(C(F)(F)F)c1)c1ccco1. The van der Waals surface area contributed by atoms with E-state index in [-0.39, 0.29) is 18.7 Å². The fourth-order valence-electron chi connectivity index (χ4n) is 1.83. The quantitative estimate of drug-likeness (QED) is 0.833. The lowest BCUT2D eigenvalue weighted by Crippen LogP contribution is -2.21. The van der Waals surface area contributed by atoms with Gasteiger partial charge in [-0.1, -0.05) is 6.07 Å². The zero-order valence-electron chi connectivity index (χ0n) is 10.8. The molecule has 1 aromatic heterocycles. The van der Waals surface area contributed by atoms with Crippen LogP contribution in [0.2, 0.25) is 0 Å². The molecule has 1 atom stereocenters. The van der Waals surface area contributed by atoms with Crippen molar-refractivity contribution in [2.45, 2.75) is 18.8 Å². The average Bonchev–Trinajstić information content (AvgIpc) is 2.93. The number of hydrogen-bond donors (Lipinski definition) is 2. The van der Waals surface area contributed by atoms with E-state index < -0.39 is 23.7 Å². The van der Waals surface area contributed by atoms with Crippen molar-refractivity contribution < 1.29 is 27.1 Å². The molecule has 0 fully saturated rings. The fourth-order valence-corrected chi connectivity index (χ4v) is 1.83. The summed E-state index contributed by atoms with van der Waals surface area (Å²) in [5, 5.41) is 12.5. The molecule has 7 heteroatoms. The first kappa shape index (κ1) is 15.5. The second-order valence-corrected chi connectivity index (χ2v) is 4.47. The summed E-state index contributed by atoms with van der Waals surface area (Å²) in [5.74, 6) is -0.945. The van der Waals surface area contributed by atoms with Crippen LogP contribution in [0.3, 0.4) is 0 Å². The van der Waals surface area contributed by atoms with Crippen molar-refractivity contribution >= 4 is 0 Å². The minimum absolute atomic E-state index is 0.0706. The minimum Gasteiger partial charge on any atom is -0.467 e. The van der Waals surface area contributed by atoms with E-state index in [0.29, 0.717) is 5.76 Å². The standard InChI is InChI=1S/C14H13F4NO2/c15-11-4-3-9(6-10(11)14(16,17)18)7-19-8-12(20)13-2-1-5-21-13/h1-6,12,19-20H,7-8H2. The van der Waals surface area contributed by atoms with Crippen LogP contribution >= 0.6 is 0 Å². The van der Waals surface area contributed by atoms with E-state index in [2.05, 4.69) is 5.32 Å². The Labute approximate surface area is 118 Å². The van der Waals surface area contributed by atoms with Crippen LogP contribution in [-0.4, -0.2) is 11.7 Å². The van der Waals surface area contributed by atoms with Crippen LogP contribution in [-0.2, 0) is 12.7 Å². The molecule has 1 aromatic carbocycles. The van der Waals surface area contributed by atoms with E-state index in [4.69, 9.17) is 4.42 Å². The molecule has 0 bridgehead atoms. The molecule has 2 rings (SSSR count). The van der Waals surface area contributed by atoms with Crippen LogP contribution in [0.5, 0.6) is 0 Å². The molecule has 0 radical (unpaired) electrons. The van der Waals surface area contributed by atoms with Gasteiger partial charge in [-0.25, -0.2) is 4.39 Å². The van der Waals surface area contributed by atoms with Crippen molar-refractivity contribution in [2.75, 3.05) is 6.54 Å². The third-order valence-electron chi connectivity index (χ3n) is 2.87. The maximum atomic E-state index is 13.1. The van der Waals surface area contributed by atoms with Gasteiger partial charge in [-0.15, -0.1) is 0 Å². The summed E-state index contributed by atoms with van der Waals surface area (Å²) in [7, 11) is 0. The smallest absolute Gasteiger partial charge is 0.419 e. The van der Waals surface area contributed by atoms with Crippen LogP contribution in [0.25, 0.3) is 0 Å². The van der Waals surface area contributed by atoms with Gasteiger partial charge in [0.1, 0.15) is 17.7 Å². The number of rotatable bonds is 5. The first-order valence-electron chi connectivity index (χ1n) is 6.15. The summed E-state index contributed by atoms with van der Waals surface area (Å²) >= 11 is 0. The van der Waals surface area contributed by atoms with Crippen molar-refractivity contribution in [3.8, 4) is 0 Å². The molecule has 114 valence electrons. The normalized spacial score (nSPS) is 13.4. The average molecular weight is 303 g/mol. The Hall–Kier alpha value is -1.86. The van der Waals surface area contributed by atoms with E-state index in [1.807, 2.05) is 0 Å². The van der Waals surface area contributed by atoms with Crippen LogP contribution in [0.15, 0.2) is 41.0 Å². The molecule has 3 nitrogen and oxygen atoms in total. The van der Waals surface area contributed by atoms with Crippen LogP contribution < -0.4 is 5.32 Å². The van der Waals surface area contributed by atoms with E-state index >= 15 is 0 Å². The largest absolute Gasteiger partial charge is 0.467 e. The Morgan fingerprint density at radius 1 is 1.24 bits per heavy atom. The molecule has 21 heavy (non-hydrogen) atoms. The number of aliphatic hydroxyl groups is 1. The van der Waals surface area contributed by atoms with Gasteiger partial charge in [-0.3, -0.25) is 0 Å². The molecule has 0 aliphatic heterocycles. The maximum absolute atomic E-state index is 13.1. The molecule has 1 heterocycles. The number of furan rings is 1. The van der Waals surface area contributed by atoms with Gasteiger partial charge in [0.15, 0.2) is 0 Å². The van der Waals surface area contributed by atoms with Gasteiger partial charge in [-0.05, 0) is 29.8 Å². The topological polar surface area (TPSA) is 45.4 Å². The van der Waals surface area contributed by atoms with Gasteiger partial charge >= 0.3 is 6.18 Å². The molecule has 2 N–H and O–H groups in total. The van der Waals surface area contributed by atoms with Gasteiger partial charge in [0.05, 0.1) is 11.8 Å². The number of benzene rings is 1. The Morgan fingerprint density at radius 2 is 2.00 bits per heavy atom. The molecular weight excluding hydrogens is 290 g/mol. The highest BCUT2D eigenvalue weighted by atomic mass is 19.4. The summed E-state index contributed by atoms with van der Waals surface area (Å²) in [6.07, 6.45) is -4.22. The lowest BCUT2D eigenvalue weighted by Gasteiger charge is -2.12. The van der Waals surface area contributed by atoms with Crippen molar-refractivity contribution in [1.29, 1.82) is 0 Å². The third kappa shape index (κ3) is 4.05. The third-order valence-corrected chi connectivity index (χ3v) is 2.87. The van der Waals surface area contributed by atoms with Crippen LogP contribution in [0.4, 0.5) is 17.6 Å². The summed E-state index contributed by atoms with van der Waals surface area (Å²) in [4.78, 5) is 0. The molecule has 2 aromatic rings. The fraction of sp³-hybridized carbons (Fsp3) is 0.286. The molecule has 0 spiro atoms. The van der Waals surface area contributed by atoms with E-state index in [1.54, 1.807) is 12.1 Å². The molecule has 0 aliphatic carbocycles. The second-order valence-electron chi connectivity index (χ2n) is 4.47. The Balaban J connectivity index is 1.95. The highest BCUT2D eigenvalue weighted by molar-refractivity contribution is 5.27. The zero-order chi connectivity index (χ0) is 15.5. The zero-order valence-corrected chi connectivity index (χ0v) is 10.8. The molecule has 1 unspecified atom stereocenters. The maximum Gasteiger partial charge on any atom is 0.419 e. The summed E-state index contributed by atoms with van der Waals surface area (Å²) in [6, 6.07) is 6.00. The van der Waals surface area contributed by atoms with Gasteiger partial charge in [0.25, 0.3) is 0 Å². The Morgan fingerprint density at radius 3 is 2.62 bits per heavy atom. The molecule has 0 saturated heterocycles. The predicted molar refractivity (Wildman–Crippen MR) is 66.8 cm³/mol. The van der Waals surface area contributed by atoms with E-state index in [1.165, 1.54) is 12.3 Å². The van der Waals surface area contributed by atoms with Crippen LogP contribution in [0.1, 0.15) is 23.0 Å². The van der Waals surface area contributed by atoms with Crippen molar-refractivity contribution in [3.63, 3.8) is 0 Å². The summed E-state index contributed by atoms with van der Waals surface area (Å²) < 4.78 is 55.8. The van der Waals surface area contributed by atoms with Gasteiger partial charge in [0.2, 0.25) is 0 Å². The highest BCUT2D eigenvalue weighted by Gasteiger charge is 2.34. The first-order valence-corrected chi connectivity index (χ1v) is 6.15. The summed E-state index contributed by atoms with van der Waals surface area (Å²) in [5.41, 5.74) is -1.02. The van der Waals surface area contributed by atoms with E-state index in [9.17, 15) is 22.7 Å². The first-order chi connectivity index (χ1) is 9.88. The number of aliphatic hydroxyl groups excluding tert-OH is 1. The number of halogens is 4. The van der Waals surface area contributed by atoms with Gasteiger partial charge in [-0.2, -0.15) is 13.2 Å². The molecule has 0 aliphatic rings. The second kappa shape index (κ2) is 6.28. The van der Waals surface area contributed by atoms with Crippen molar-refractivity contribution in [3.05, 3.63) is 59.3 Å². The Kier molecular flexibility index (Phi) is 4.64. The molecular formula is C14H13F4NO2. The predicted octanol–water partition coefficient (Wildman–Crippen LogP) is 3.26. The van der Waals surface area contributed by atoms with Crippen LogP contribution in [0, 0.1) is 5.82 Å². The minimum atomic E-state index is -4.73. The van der Waals surface area contributed by atoms with E-state index in [0.717, 1.165) is 12.1 Å².